The number of imidazole rings is 1. The first-order valence-electron chi connectivity index (χ1n) is 6.97. The Morgan fingerprint density at radius 1 is 1.29 bits per heavy atom. The summed E-state index contributed by atoms with van der Waals surface area (Å²) < 4.78 is 38.2. The predicted octanol–water partition coefficient (Wildman–Crippen LogP) is 3.39. The fourth-order valence-corrected chi connectivity index (χ4v) is 2.64. The Bertz CT molecular complexity index is 613. The number of H-pyrrole nitrogens is 1. The van der Waals surface area contributed by atoms with E-state index in [0.717, 1.165) is 43.8 Å². The van der Waals surface area contributed by atoms with Gasteiger partial charge in [-0.1, -0.05) is 12.1 Å². The van der Waals surface area contributed by atoms with Gasteiger partial charge in [0, 0.05) is 18.0 Å². The average Bonchev–Trinajstić information content (AvgIpc) is 3.10. The van der Waals surface area contributed by atoms with Crippen molar-refractivity contribution in [3.05, 3.63) is 41.9 Å². The summed E-state index contributed by atoms with van der Waals surface area (Å²) in [7, 11) is 0. The van der Waals surface area contributed by atoms with Gasteiger partial charge < -0.3 is 10.3 Å². The van der Waals surface area contributed by atoms with Crippen molar-refractivity contribution in [2.75, 3.05) is 6.54 Å². The van der Waals surface area contributed by atoms with E-state index in [9.17, 15) is 13.2 Å². The van der Waals surface area contributed by atoms with Gasteiger partial charge >= 0.3 is 6.18 Å². The van der Waals surface area contributed by atoms with Gasteiger partial charge in [0.05, 0.1) is 17.5 Å². The normalized spacial score (nSPS) is 19.1. The van der Waals surface area contributed by atoms with Gasteiger partial charge in [-0.2, -0.15) is 13.2 Å². The highest BCUT2D eigenvalue weighted by Crippen LogP contribution is 2.31. The van der Waals surface area contributed by atoms with E-state index in [0.29, 0.717) is 17.3 Å². The zero-order valence-electron chi connectivity index (χ0n) is 11.4. The van der Waals surface area contributed by atoms with Gasteiger partial charge in [-0.3, -0.25) is 0 Å². The molecule has 2 heterocycles. The zero-order chi connectivity index (χ0) is 14.9. The lowest BCUT2D eigenvalue weighted by Gasteiger charge is -2.08. The van der Waals surface area contributed by atoms with Crippen molar-refractivity contribution < 1.29 is 13.2 Å². The Hall–Kier alpha value is -1.82. The van der Waals surface area contributed by atoms with Crippen LogP contribution in [0.15, 0.2) is 30.5 Å². The first-order chi connectivity index (χ1) is 10.0. The second-order valence-electron chi connectivity index (χ2n) is 5.32. The van der Waals surface area contributed by atoms with Crippen LogP contribution < -0.4 is 5.32 Å². The topological polar surface area (TPSA) is 40.7 Å². The standard InChI is InChI=1S/C15H16F3N3/c16-15(17,18)11-4-1-3-10(7-11)13-9-20-14(21-13)8-12-5-2-6-19-12/h1,3-4,7,9,12,19H,2,5-6,8H2,(H,20,21). The summed E-state index contributed by atoms with van der Waals surface area (Å²) in [5, 5.41) is 3.37. The molecule has 0 amide bonds. The molecule has 6 heteroatoms. The highest BCUT2D eigenvalue weighted by Gasteiger charge is 2.30. The molecule has 3 rings (SSSR count). The first kappa shape index (κ1) is 14.1. The minimum Gasteiger partial charge on any atom is -0.342 e. The number of nitrogens with zero attached hydrogens (tertiary/aromatic N) is 1. The summed E-state index contributed by atoms with van der Waals surface area (Å²) in [5.41, 5.74) is 0.477. The Balaban J connectivity index is 1.79. The molecule has 2 N–H and O–H groups in total. The molecule has 1 aliphatic rings. The third-order valence-corrected chi connectivity index (χ3v) is 3.73. The van der Waals surface area contributed by atoms with Gasteiger partial charge in [0.1, 0.15) is 5.82 Å². The van der Waals surface area contributed by atoms with E-state index < -0.39 is 11.7 Å². The third kappa shape index (κ3) is 3.26. The van der Waals surface area contributed by atoms with Gasteiger partial charge in [0.2, 0.25) is 0 Å². The maximum atomic E-state index is 12.7. The minimum absolute atomic E-state index is 0.408. The van der Waals surface area contributed by atoms with Gasteiger partial charge in [0.25, 0.3) is 0 Å². The summed E-state index contributed by atoms with van der Waals surface area (Å²) in [6.07, 6.45) is 0.316. The minimum atomic E-state index is -4.33. The van der Waals surface area contributed by atoms with E-state index >= 15 is 0 Å². The molecule has 0 radical (unpaired) electrons. The monoisotopic (exact) mass is 295 g/mol. The third-order valence-electron chi connectivity index (χ3n) is 3.73. The summed E-state index contributed by atoms with van der Waals surface area (Å²) in [6, 6.07) is 5.69. The number of aromatic amines is 1. The van der Waals surface area contributed by atoms with E-state index in [4.69, 9.17) is 0 Å². The fraction of sp³-hybridized carbons (Fsp3) is 0.400. The number of aromatic nitrogens is 2. The molecule has 0 spiro atoms. The zero-order valence-corrected chi connectivity index (χ0v) is 11.4. The Kier molecular flexibility index (Phi) is 3.71. The molecule has 1 unspecified atom stereocenters. The molecule has 112 valence electrons. The molecule has 21 heavy (non-hydrogen) atoms. The van der Waals surface area contributed by atoms with Crippen LogP contribution in [0.5, 0.6) is 0 Å². The summed E-state index contributed by atoms with van der Waals surface area (Å²) >= 11 is 0. The molecule has 0 saturated carbocycles. The van der Waals surface area contributed by atoms with Crippen molar-refractivity contribution in [2.45, 2.75) is 31.5 Å². The highest BCUT2D eigenvalue weighted by atomic mass is 19.4. The largest absolute Gasteiger partial charge is 0.416 e. The lowest BCUT2D eigenvalue weighted by Crippen LogP contribution is -2.24. The molecule has 1 aromatic carbocycles. The van der Waals surface area contributed by atoms with Gasteiger partial charge in [-0.15, -0.1) is 0 Å². The quantitative estimate of drug-likeness (QED) is 0.911. The highest BCUT2D eigenvalue weighted by molar-refractivity contribution is 5.59. The van der Waals surface area contributed by atoms with Crippen LogP contribution in [0.1, 0.15) is 24.2 Å². The van der Waals surface area contributed by atoms with Crippen molar-refractivity contribution in [2.24, 2.45) is 0 Å². The molecule has 0 aliphatic carbocycles. The van der Waals surface area contributed by atoms with Crippen molar-refractivity contribution in [1.82, 2.24) is 15.3 Å². The summed E-state index contributed by atoms with van der Waals surface area (Å²) in [4.78, 5) is 7.39. The molecule has 0 bridgehead atoms. The van der Waals surface area contributed by atoms with Gasteiger partial charge in [-0.05, 0) is 31.5 Å². The number of nitrogens with one attached hydrogen (secondary N) is 2. The van der Waals surface area contributed by atoms with E-state index in [-0.39, 0.29) is 0 Å². The number of halogens is 3. The van der Waals surface area contributed by atoms with Crippen LogP contribution in [0.3, 0.4) is 0 Å². The molecule has 3 nitrogen and oxygen atoms in total. The van der Waals surface area contributed by atoms with Crippen molar-refractivity contribution in [3.8, 4) is 11.3 Å². The molecule has 1 saturated heterocycles. The molecule has 1 aromatic heterocycles. The Morgan fingerprint density at radius 3 is 2.86 bits per heavy atom. The second kappa shape index (κ2) is 5.52. The Labute approximate surface area is 120 Å². The predicted molar refractivity (Wildman–Crippen MR) is 73.8 cm³/mol. The summed E-state index contributed by atoms with van der Waals surface area (Å²) in [6.45, 7) is 1.02. The average molecular weight is 295 g/mol. The van der Waals surface area contributed by atoms with Crippen LogP contribution in [0, 0.1) is 0 Å². The van der Waals surface area contributed by atoms with Gasteiger partial charge in [-0.25, -0.2) is 4.98 Å². The SMILES string of the molecule is FC(F)(F)c1cccc(-c2cnc(CC3CCCN3)[nH]2)c1. The number of hydrogen-bond acceptors (Lipinski definition) is 2. The second-order valence-corrected chi connectivity index (χ2v) is 5.32. The molecular weight excluding hydrogens is 279 g/mol. The van der Waals surface area contributed by atoms with Crippen molar-refractivity contribution in [3.63, 3.8) is 0 Å². The molecule has 2 aromatic rings. The van der Waals surface area contributed by atoms with Crippen LogP contribution >= 0.6 is 0 Å². The number of rotatable bonds is 3. The summed E-state index contributed by atoms with van der Waals surface area (Å²) in [5.74, 6) is 0.807. The Morgan fingerprint density at radius 2 is 2.14 bits per heavy atom. The number of benzene rings is 1. The number of alkyl halides is 3. The van der Waals surface area contributed by atoms with E-state index in [1.54, 1.807) is 12.3 Å². The fourth-order valence-electron chi connectivity index (χ4n) is 2.64. The first-order valence-corrected chi connectivity index (χ1v) is 6.97. The maximum Gasteiger partial charge on any atom is 0.416 e. The van der Waals surface area contributed by atoms with Crippen LogP contribution in [0.2, 0.25) is 0 Å². The van der Waals surface area contributed by atoms with Crippen LogP contribution in [-0.4, -0.2) is 22.6 Å². The maximum absolute atomic E-state index is 12.7. The van der Waals surface area contributed by atoms with E-state index in [1.807, 2.05) is 0 Å². The van der Waals surface area contributed by atoms with Crippen LogP contribution in [-0.2, 0) is 12.6 Å². The molecular formula is C15H16F3N3. The lowest BCUT2D eigenvalue weighted by molar-refractivity contribution is -0.137. The lowest BCUT2D eigenvalue weighted by atomic mass is 10.1. The van der Waals surface area contributed by atoms with Crippen LogP contribution in [0.4, 0.5) is 13.2 Å². The number of hydrogen-bond donors (Lipinski definition) is 2. The molecule has 1 atom stereocenters. The molecule has 1 fully saturated rings. The van der Waals surface area contributed by atoms with E-state index in [2.05, 4.69) is 15.3 Å². The smallest absolute Gasteiger partial charge is 0.342 e. The van der Waals surface area contributed by atoms with Crippen molar-refractivity contribution >= 4 is 0 Å². The molecule has 1 aliphatic heterocycles. The van der Waals surface area contributed by atoms with Gasteiger partial charge in [0.15, 0.2) is 0 Å². The van der Waals surface area contributed by atoms with Crippen LogP contribution in [0.25, 0.3) is 11.3 Å². The van der Waals surface area contributed by atoms with E-state index in [1.165, 1.54) is 6.07 Å². The van der Waals surface area contributed by atoms with Crippen molar-refractivity contribution in [1.29, 1.82) is 0 Å².